The van der Waals surface area contributed by atoms with Crippen LogP contribution in [0.3, 0.4) is 0 Å². The summed E-state index contributed by atoms with van der Waals surface area (Å²) in [6.45, 7) is 34.5. The molecule has 0 bridgehead atoms. The highest BCUT2D eigenvalue weighted by molar-refractivity contribution is 7.00. The number of fused-ring (bicyclic) bond motifs is 7. The average molecular weight is 855 g/mol. The largest absolute Gasteiger partial charge is 0.311 e. The van der Waals surface area contributed by atoms with Crippen LogP contribution < -0.4 is 26.2 Å². The van der Waals surface area contributed by atoms with Crippen molar-refractivity contribution in [2.45, 2.75) is 168 Å². The van der Waals surface area contributed by atoms with E-state index in [2.05, 4.69) is 210 Å². The van der Waals surface area contributed by atoms with E-state index in [1.807, 2.05) is 0 Å². The van der Waals surface area contributed by atoms with Gasteiger partial charge in [0, 0.05) is 34.1 Å². The lowest BCUT2D eigenvalue weighted by atomic mass is 9.33. The monoisotopic (exact) mass is 855 g/mol. The summed E-state index contributed by atoms with van der Waals surface area (Å²) in [5.41, 5.74) is 26.9. The zero-order valence-corrected chi connectivity index (χ0v) is 42.0. The quantitative estimate of drug-likeness (QED) is 0.163. The molecular formula is C62H71BN2. The first-order valence-corrected chi connectivity index (χ1v) is 24.9. The lowest BCUT2D eigenvalue weighted by Crippen LogP contribution is -2.62. The number of hydrogen-bond acceptors (Lipinski definition) is 2. The third-order valence-electron chi connectivity index (χ3n) is 17.8. The third kappa shape index (κ3) is 6.33. The van der Waals surface area contributed by atoms with Crippen LogP contribution >= 0.6 is 0 Å². The number of hydrogen-bond donors (Lipinski definition) is 0. The summed E-state index contributed by atoms with van der Waals surface area (Å²) in [6.07, 6.45) is 7.16. The van der Waals surface area contributed by atoms with Gasteiger partial charge in [-0.05, 0) is 199 Å². The second-order valence-corrected chi connectivity index (χ2v) is 25.1. The Balaban J connectivity index is 1.25. The van der Waals surface area contributed by atoms with Crippen LogP contribution in [-0.2, 0) is 32.5 Å². The molecule has 2 heterocycles. The van der Waals surface area contributed by atoms with Gasteiger partial charge in [0.15, 0.2) is 0 Å². The van der Waals surface area contributed by atoms with Gasteiger partial charge in [-0.1, -0.05) is 144 Å². The zero-order chi connectivity index (χ0) is 46.0. The minimum Gasteiger partial charge on any atom is -0.311 e. The minimum absolute atomic E-state index is 0.0652. The van der Waals surface area contributed by atoms with Gasteiger partial charge in [-0.15, -0.1) is 0 Å². The van der Waals surface area contributed by atoms with Crippen molar-refractivity contribution in [1.82, 2.24) is 0 Å². The van der Waals surface area contributed by atoms with Crippen molar-refractivity contribution in [1.29, 1.82) is 0 Å². The van der Waals surface area contributed by atoms with Crippen LogP contribution in [-0.4, -0.2) is 6.71 Å². The molecule has 0 atom stereocenters. The van der Waals surface area contributed by atoms with Gasteiger partial charge < -0.3 is 9.80 Å². The lowest BCUT2D eigenvalue weighted by Gasteiger charge is -2.48. The van der Waals surface area contributed by atoms with Crippen LogP contribution in [0.1, 0.15) is 166 Å². The second-order valence-electron chi connectivity index (χ2n) is 25.1. The van der Waals surface area contributed by atoms with E-state index < -0.39 is 0 Å². The van der Waals surface area contributed by atoms with Crippen LogP contribution in [0, 0.1) is 13.8 Å². The molecule has 3 heteroatoms. The number of rotatable bonds is 3. The SMILES string of the molecule is Cc1cc2c3c(c1)N(c1cc4c(cc1C)C(C)(C)CCC4(C)C)c1cc(-c4ccccc4)ccc1B3c1cc3c(cc1N2c1ccc2c(c1)C(C)(C)CCC2(C)C)C(C)(C)CCC3(C)C. The molecular weight excluding hydrogens is 784 g/mol. The normalized spacial score (nSPS) is 20.7. The van der Waals surface area contributed by atoms with Crippen molar-refractivity contribution in [2.24, 2.45) is 0 Å². The molecule has 0 amide bonds. The predicted molar refractivity (Wildman–Crippen MR) is 281 cm³/mol. The number of anilines is 6. The maximum atomic E-state index is 2.71. The molecule has 0 saturated heterocycles. The van der Waals surface area contributed by atoms with Crippen LogP contribution in [0.25, 0.3) is 11.1 Å². The van der Waals surface area contributed by atoms with Crippen LogP contribution in [0.2, 0.25) is 0 Å². The van der Waals surface area contributed by atoms with Gasteiger partial charge in [0.1, 0.15) is 0 Å². The van der Waals surface area contributed by atoms with Gasteiger partial charge in [0.25, 0.3) is 6.71 Å². The molecule has 0 unspecified atom stereocenters. The molecule has 5 aliphatic rings. The van der Waals surface area contributed by atoms with Gasteiger partial charge in [-0.25, -0.2) is 0 Å². The van der Waals surface area contributed by atoms with Crippen molar-refractivity contribution < 1.29 is 0 Å². The van der Waals surface area contributed by atoms with Crippen molar-refractivity contribution in [3.05, 3.63) is 148 Å². The third-order valence-corrected chi connectivity index (χ3v) is 17.8. The van der Waals surface area contributed by atoms with E-state index in [1.54, 1.807) is 0 Å². The predicted octanol–water partition coefficient (Wildman–Crippen LogP) is 15.1. The first kappa shape index (κ1) is 42.6. The highest BCUT2D eigenvalue weighted by atomic mass is 15.2. The molecule has 11 rings (SSSR count). The number of benzene rings is 6. The minimum atomic E-state index is 0.0652. The summed E-state index contributed by atoms with van der Waals surface area (Å²) >= 11 is 0. The Kier molecular flexibility index (Phi) is 9.03. The molecule has 0 spiro atoms. The van der Waals surface area contributed by atoms with Crippen LogP contribution in [0.5, 0.6) is 0 Å². The van der Waals surface area contributed by atoms with E-state index in [4.69, 9.17) is 0 Å². The maximum absolute atomic E-state index is 2.71. The molecule has 2 aliphatic heterocycles. The molecule has 6 aromatic carbocycles. The standard InChI is InChI=1S/C62H71BN2/c1-38-30-54-56-55(31-38)65(51-36-47-44(32-39(51)2)58(5,6)26-28-61(47,11)12)52-33-41(40-18-16-15-17-19-40)20-23-49(52)63(56)50-35-46-48(62(13,14)29-27-60(46,9)10)37-53(50)64(54)42-21-22-43-45(34-42)59(7,8)25-24-57(43,3)4/h15-23,30-37H,24-29H2,1-14H3. The maximum Gasteiger partial charge on any atom is 0.252 e. The molecule has 0 saturated carbocycles. The van der Waals surface area contributed by atoms with E-state index in [0.29, 0.717) is 0 Å². The number of aryl methyl sites for hydroxylation is 2. The van der Waals surface area contributed by atoms with Gasteiger partial charge in [-0.3, -0.25) is 0 Å². The fraction of sp³-hybridized carbons (Fsp3) is 0.419. The molecule has 332 valence electrons. The van der Waals surface area contributed by atoms with Gasteiger partial charge >= 0.3 is 0 Å². The molecule has 0 N–H and O–H groups in total. The molecule has 2 nitrogen and oxygen atoms in total. The van der Waals surface area contributed by atoms with E-state index in [1.165, 1.54) is 145 Å². The van der Waals surface area contributed by atoms with E-state index in [0.717, 1.165) is 0 Å². The fourth-order valence-electron chi connectivity index (χ4n) is 13.2. The summed E-state index contributed by atoms with van der Waals surface area (Å²) < 4.78 is 0. The first-order chi connectivity index (χ1) is 30.5. The Morgan fingerprint density at radius 3 is 1.43 bits per heavy atom. The lowest BCUT2D eigenvalue weighted by molar-refractivity contribution is 0.332. The Morgan fingerprint density at radius 2 is 0.846 bits per heavy atom. The summed E-state index contributed by atoms with van der Waals surface area (Å²) in [5, 5.41) is 0. The van der Waals surface area contributed by atoms with Crippen molar-refractivity contribution in [3.63, 3.8) is 0 Å². The molecule has 0 aromatic heterocycles. The summed E-state index contributed by atoms with van der Waals surface area (Å²) in [5.74, 6) is 0. The van der Waals surface area contributed by atoms with Gasteiger partial charge in [0.2, 0.25) is 0 Å². The molecule has 65 heavy (non-hydrogen) atoms. The molecule has 3 aliphatic carbocycles. The smallest absolute Gasteiger partial charge is 0.252 e. The van der Waals surface area contributed by atoms with Crippen molar-refractivity contribution >= 4 is 57.2 Å². The van der Waals surface area contributed by atoms with Gasteiger partial charge in [-0.2, -0.15) is 0 Å². The van der Waals surface area contributed by atoms with Crippen LogP contribution in [0.15, 0.2) is 103 Å². The van der Waals surface area contributed by atoms with Crippen molar-refractivity contribution in [3.8, 4) is 11.1 Å². The zero-order valence-electron chi connectivity index (χ0n) is 42.0. The number of nitrogens with zero attached hydrogens (tertiary/aromatic N) is 2. The first-order valence-electron chi connectivity index (χ1n) is 24.9. The summed E-state index contributed by atoms with van der Waals surface area (Å²) in [7, 11) is 0. The van der Waals surface area contributed by atoms with Crippen molar-refractivity contribution in [2.75, 3.05) is 9.80 Å². The highest BCUT2D eigenvalue weighted by Gasteiger charge is 2.48. The molecule has 0 radical (unpaired) electrons. The van der Waals surface area contributed by atoms with E-state index in [9.17, 15) is 0 Å². The topological polar surface area (TPSA) is 6.48 Å². The Labute approximate surface area is 392 Å². The molecule has 0 fully saturated rings. The fourth-order valence-corrected chi connectivity index (χ4v) is 13.2. The Morgan fingerprint density at radius 1 is 0.369 bits per heavy atom. The molecule has 6 aromatic rings. The Hall–Kier alpha value is -5.02. The second kappa shape index (κ2) is 13.8. The van der Waals surface area contributed by atoms with E-state index in [-0.39, 0.29) is 39.2 Å². The van der Waals surface area contributed by atoms with Gasteiger partial charge in [0.05, 0.1) is 0 Å². The van der Waals surface area contributed by atoms with Crippen LogP contribution in [0.4, 0.5) is 34.1 Å². The highest BCUT2D eigenvalue weighted by Crippen LogP contribution is 2.54. The average Bonchev–Trinajstić information content (AvgIpc) is 3.25. The summed E-state index contributed by atoms with van der Waals surface area (Å²) in [6, 6.07) is 41.6. The van der Waals surface area contributed by atoms with E-state index >= 15 is 0 Å². The Bertz CT molecular complexity index is 2980. The summed E-state index contributed by atoms with van der Waals surface area (Å²) in [4.78, 5) is 5.41.